The summed E-state index contributed by atoms with van der Waals surface area (Å²) >= 11 is 0. The van der Waals surface area contributed by atoms with E-state index < -0.39 is 0 Å². The zero-order valence-corrected chi connectivity index (χ0v) is 10.9. The quantitative estimate of drug-likeness (QED) is 0.741. The van der Waals surface area contributed by atoms with Crippen LogP contribution in [-0.4, -0.2) is 6.54 Å². The minimum atomic E-state index is 1.02. The average molecular weight is 238 g/mol. The molecule has 0 amide bonds. The number of hydrogen-bond acceptors (Lipinski definition) is 1. The van der Waals surface area contributed by atoms with Gasteiger partial charge in [-0.05, 0) is 30.5 Å². The van der Waals surface area contributed by atoms with Crippen molar-refractivity contribution in [1.82, 2.24) is 0 Å². The van der Waals surface area contributed by atoms with E-state index in [9.17, 15) is 0 Å². The Hall–Kier alpha value is -1.76. The molecule has 0 unspecified atom stereocenters. The Labute approximate surface area is 110 Å². The van der Waals surface area contributed by atoms with Crippen LogP contribution in [0.1, 0.15) is 25.3 Å². The third kappa shape index (κ3) is 2.92. The van der Waals surface area contributed by atoms with E-state index in [1.54, 1.807) is 0 Å². The second-order valence-corrected chi connectivity index (χ2v) is 4.48. The topological polar surface area (TPSA) is 12.0 Å². The molecule has 0 bridgehead atoms. The van der Waals surface area contributed by atoms with Crippen LogP contribution in [0.4, 0.5) is 5.69 Å². The first kappa shape index (κ1) is 12.7. The van der Waals surface area contributed by atoms with Gasteiger partial charge >= 0.3 is 0 Å². The Balaban J connectivity index is 2.30. The molecule has 1 nitrogen and oxygen atoms in total. The maximum atomic E-state index is 4.11. The molecule has 0 aromatic heterocycles. The number of unbranched alkanes of at least 4 members (excludes halogenated alkanes) is 1. The Bertz CT molecular complexity index is 502. The predicted molar refractivity (Wildman–Crippen MR) is 79.7 cm³/mol. The zero-order chi connectivity index (χ0) is 12.8. The number of rotatable bonds is 5. The summed E-state index contributed by atoms with van der Waals surface area (Å²) in [6.45, 7) is 7.33. The van der Waals surface area contributed by atoms with Crippen molar-refractivity contribution in [2.24, 2.45) is 0 Å². The zero-order valence-electron chi connectivity index (χ0n) is 10.9. The molecular weight excluding hydrogens is 218 g/mol. The Morgan fingerprint density at radius 2 is 1.61 bits per heavy atom. The molecule has 0 atom stereocenters. The number of nitrogens with one attached hydrogen (secondary N) is 1. The molecule has 0 aliphatic rings. The summed E-state index contributed by atoms with van der Waals surface area (Å²) in [4.78, 5) is 0. The average Bonchev–Trinajstić information content (AvgIpc) is 2.40. The summed E-state index contributed by atoms with van der Waals surface area (Å²) in [7, 11) is 0. The van der Waals surface area contributed by atoms with Crippen molar-refractivity contribution < 1.29 is 0 Å². The van der Waals surface area contributed by atoms with Crippen molar-refractivity contribution in [2.75, 3.05) is 11.9 Å². The number of benzene rings is 2. The van der Waals surface area contributed by atoms with Gasteiger partial charge < -0.3 is 5.32 Å². The Morgan fingerprint density at radius 3 is 2.33 bits per heavy atom. The number of hydrogen-bond donors (Lipinski definition) is 1. The first-order valence-electron chi connectivity index (χ1n) is 6.57. The Morgan fingerprint density at radius 1 is 0.944 bits per heavy atom. The first-order chi connectivity index (χ1) is 8.83. The van der Waals surface area contributed by atoms with E-state index in [0.29, 0.717) is 0 Å². The van der Waals surface area contributed by atoms with E-state index in [2.05, 4.69) is 61.6 Å². The van der Waals surface area contributed by atoms with Crippen LogP contribution >= 0.6 is 0 Å². The van der Waals surface area contributed by atoms with Gasteiger partial charge in [0.2, 0.25) is 0 Å². The minimum absolute atomic E-state index is 1.02. The highest BCUT2D eigenvalue weighted by molar-refractivity contribution is 5.80. The van der Waals surface area contributed by atoms with Crippen LogP contribution < -0.4 is 5.32 Å². The lowest BCUT2D eigenvalue weighted by Crippen LogP contribution is -2.02. The van der Waals surface area contributed by atoms with E-state index in [0.717, 1.165) is 12.1 Å². The highest BCUT2D eigenvalue weighted by Crippen LogP contribution is 2.30. The molecule has 0 aliphatic carbocycles. The lowest BCUT2D eigenvalue weighted by molar-refractivity contribution is 0.834. The molecule has 0 saturated heterocycles. The van der Waals surface area contributed by atoms with Gasteiger partial charge in [-0.1, -0.05) is 55.8 Å². The van der Waals surface area contributed by atoms with Gasteiger partial charge in [-0.3, -0.25) is 0 Å². The molecule has 1 radical (unpaired) electrons. The molecule has 2 rings (SSSR count). The summed E-state index contributed by atoms with van der Waals surface area (Å²) < 4.78 is 0. The molecule has 0 aliphatic heterocycles. The molecule has 1 heteroatoms. The minimum Gasteiger partial charge on any atom is -0.385 e. The summed E-state index contributed by atoms with van der Waals surface area (Å²) in [5, 5.41) is 3.51. The van der Waals surface area contributed by atoms with Crippen LogP contribution in [0.25, 0.3) is 11.1 Å². The van der Waals surface area contributed by atoms with E-state index >= 15 is 0 Å². The second kappa shape index (κ2) is 6.25. The molecule has 0 spiro atoms. The highest BCUT2D eigenvalue weighted by atomic mass is 14.9. The van der Waals surface area contributed by atoms with Gasteiger partial charge in [-0.25, -0.2) is 0 Å². The molecule has 2 aromatic rings. The smallest absolute Gasteiger partial charge is 0.0419 e. The van der Waals surface area contributed by atoms with E-state index in [1.807, 2.05) is 6.07 Å². The van der Waals surface area contributed by atoms with Gasteiger partial charge in [0.1, 0.15) is 0 Å². The van der Waals surface area contributed by atoms with Gasteiger partial charge in [0.05, 0.1) is 0 Å². The molecule has 93 valence electrons. The monoisotopic (exact) mass is 238 g/mol. The van der Waals surface area contributed by atoms with E-state index in [-0.39, 0.29) is 0 Å². The fraction of sp³-hybridized carbons (Fsp3) is 0.235. The molecular formula is C17H20N. The maximum Gasteiger partial charge on any atom is 0.0419 e. The van der Waals surface area contributed by atoms with E-state index in [1.165, 1.54) is 29.7 Å². The van der Waals surface area contributed by atoms with Gasteiger partial charge in [0.25, 0.3) is 0 Å². The Kier molecular flexibility index (Phi) is 4.40. The van der Waals surface area contributed by atoms with Gasteiger partial charge in [0, 0.05) is 17.8 Å². The summed E-state index contributed by atoms with van der Waals surface area (Å²) in [5.74, 6) is 0. The highest BCUT2D eigenvalue weighted by Gasteiger charge is 2.05. The molecule has 0 heterocycles. The summed E-state index contributed by atoms with van der Waals surface area (Å²) in [6, 6.07) is 16.7. The summed E-state index contributed by atoms with van der Waals surface area (Å²) in [5.41, 5.74) is 4.71. The standard InChI is InChI=1S/C17H20N/c1-3-4-13-18-17-12-8-7-11-16(17)15-10-6-5-9-14(15)2/h5-12,18H,2-4,13H2,1H3. The van der Waals surface area contributed by atoms with Crippen LogP contribution in [0.15, 0.2) is 48.5 Å². The fourth-order valence-electron chi connectivity index (χ4n) is 2.06. The first-order valence-corrected chi connectivity index (χ1v) is 6.57. The van der Waals surface area contributed by atoms with Crippen LogP contribution in [0, 0.1) is 6.92 Å². The SMILES string of the molecule is [CH2]c1ccccc1-c1ccccc1NCCCC. The molecule has 0 saturated carbocycles. The molecule has 2 aromatic carbocycles. The number of anilines is 1. The molecule has 18 heavy (non-hydrogen) atoms. The second-order valence-electron chi connectivity index (χ2n) is 4.48. The van der Waals surface area contributed by atoms with Crippen LogP contribution in [0.3, 0.4) is 0 Å². The summed E-state index contributed by atoms with van der Waals surface area (Å²) in [6.07, 6.45) is 2.40. The van der Waals surface area contributed by atoms with Crippen LogP contribution in [-0.2, 0) is 0 Å². The number of para-hydroxylation sites is 1. The van der Waals surface area contributed by atoms with Gasteiger partial charge in [0.15, 0.2) is 0 Å². The third-order valence-corrected chi connectivity index (χ3v) is 3.08. The lowest BCUT2D eigenvalue weighted by Gasteiger charge is -2.13. The van der Waals surface area contributed by atoms with Crippen molar-refractivity contribution in [1.29, 1.82) is 0 Å². The normalized spacial score (nSPS) is 10.3. The third-order valence-electron chi connectivity index (χ3n) is 3.08. The van der Waals surface area contributed by atoms with Crippen molar-refractivity contribution >= 4 is 5.69 Å². The van der Waals surface area contributed by atoms with Crippen LogP contribution in [0.2, 0.25) is 0 Å². The van der Waals surface area contributed by atoms with Gasteiger partial charge in [-0.2, -0.15) is 0 Å². The van der Waals surface area contributed by atoms with Crippen molar-refractivity contribution in [3.05, 3.63) is 61.0 Å². The fourth-order valence-corrected chi connectivity index (χ4v) is 2.06. The maximum absolute atomic E-state index is 4.11. The predicted octanol–water partition coefficient (Wildman–Crippen LogP) is 4.75. The van der Waals surface area contributed by atoms with Gasteiger partial charge in [-0.15, -0.1) is 0 Å². The van der Waals surface area contributed by atoms with Crippen LogP contribution in [0.5, 0.6) is 0 Å². The lowest BCUT2D eigenvalue weighted by atomic mass is 9.99. The van der Waals surface area contributed by atoms with E-state index in [4.69, 9.17) is 0 Å². The van der Waals surface area contributed by atoms with Crippen molar-refractivity contribution in [2.45, 2.75) is 19.8 Å². The largest absolute Gasteiger partial charge is 0.385 e. The molecule has 1 N–H and O–H groups in total. The van der Waals surface area contributed by atoms with Crippen molar-refractivity contribution in [3.8, 4) is 11.1 Å². The molecule has 0 fully saturated rings. The van der Waals surface area contributed by atoms with Crippen molar-refractivity contribution in [3.63, 3.8) is 0 Å².